The van der Waals surface area contributed by atoms with Crippen LogP contribution in [0.25, 0.3) is 0 Å². The molecule has 1 aliphatic heterocycles. The first-order valence-corrected chi connectivity index (χ1v) is 10.9. The Morgan fingerprint density at radius 1 is 1.29 bits per heavy atom. The summed E-state index contributed by atoms with van der Waals surface area (Å²) >= 11 is 0. The molecule has 0 aliphatic carbocycles. The van der Waals surface area contributed by atoms with E-state index in [0.717, 1.165) is 24.3 Å². The minimum absolute atomic E-state index is 0.0412. The third-order valence-electron chi connectivity index (χ3n) is 5.15. The van der Waals surface area contributed by atoms with Crippen LogP contribution in [0, 0.1) is 6.92 Å². The number of hydrogen-bond acceptors (Lipinski definition) is 5. The second-order valence-corrected chi connectivity index (χ2v) is 8.75. The van der Waals surface area contributed by atoms with Gasteiger partial charge >= 0.3 is 0 Å². The van der Waals surface area contributed by atoms with E-state index in [0.29, 0.717) is 30.8 Å². The molecule has 150 valence electrons. The highest BCUT2D eigenvalue weighted by atomic mass is 32.2. The van der Waals surface area contributed by atoms with Crippen molar-refractivity contribution >= 4 is 27.8 Å². The molecule has 2 heterocycles. The summed E-state index contributed by atoms with van der Waals surface area (Å²) in [7, 11) is -3.76. The number of benzene rings is 1. The Kier molecular flexibility index (Phi) is 6.00. The van der Waals surface area contributed by atoms with Crippen LogP contribution in [0.2, 0.25) is 0 Å². The lowest BCUT2D eigenvalue weighted by Gasteiger charge is -2.39. The predicted octanol–water partition coefficient (Wildman–Crippen LogP) is 2.42. The third-order valence-corrected chi connectivity index (χ3v) is 6.93. The van der Waals surface area contributed by atoms with Gasteiger partial charge in [-0.1, -0.05) is 26.0 Å². The van der Waals surface area contributed by atoms with E-state index in [1.165, 1.54) is 4.31 Å². The number of aryl methyl sites for hydroxylation is 1. The molecule has 1 amide bonds. The van der Waals surface area contributed by atoms with Gasteiger partial charge in [0.2, 0.25) is 6.41 Å². The van der Waals surface area contributed by atoms with Crippen molar-refractivity contribution in [3.63, 3.8) is 0 Å². The van der Waals surface area contributed by atoms with Gasteiger partial charge in [-0.05, 0) is 43.8 Å². The second kappa shape index (κ2) is 8.28. The average molecular weight is 403 g/mol. The molecule has 0 saturated heterocycles. The number of anilines is 2. The number of fused-ring (bicyclic) bond motifs is 1. The fourth-order valence-electron chi connectivity index (χ4n) is 3.69. The second-order valence-electron chi connectivity index (χ2n) is 6.88. The van der Waals surface area contributed by atoms with Crippen LogP contribution in [0.3, 0.4) is 0 Å². The van der Waals surface area contributed by atoms with Crippen molar-refractivity contribution in [1.82, 2.24) is 9.88 Å². The molecule has 1 aromatic carbocycles. The number of nitrogens with one attached hydrogen (secondary N) is 1. The molecule has 0 fully saturated rings. The van der Waals surface area contributed by atoms with Gasteiger partial charge in [-0.3, -0.25) is 19.0 Å². The average Bonchev–Trinajstić information content (AvgIpc) is 2.68. The highest BCUT2D eigenvalue weighted by Gasteiger charge is 2.36. The Labute approximate surface area is 166 Å². The van der Waals surface area contributed by atoms with Crippen molar-refractivity contribution < 1.29 is 13.2 Å². The van der Waals surface area contributed by atoms with Gasteiger partial charge in [0.15, 0.2) is 0 Å². The Balaban J connectivity index is 2.11. The fraction of sp³-hybridized carbons (Fsp3) is 0.400. The zero-order chi connectivity index (χ0) is 20.3. The molecule has 1 aromatic heterocycles. The van der Waals surface area contributed by atoms with E-state index in [4.69, 9.17) is 0 Å². The SMILES string of the molecule is CCN(CC)[C@H]1Cc2ncc(NC=O)cc2N(S(=O)(=O)c2cccc(C)c2)C1. The number of likely N-dealkylation sites (N-methyl/N-ethyl adjacent to an activating group) is 1. The first-order chi connectivity index (χ1) is 13.4. The van der Waals surface area contributed by atoms with Crippen LogP contribution >= 0.6 is 0 Å². The van der Waals surface area contributed by atoms with Gasteiger partial charge in [0.1, 0.15) is 0 Å². The first kappa shape index (κ1) is 20.3. The van der Waals surface area contributed by atoms with Crippen molar-refractivity contribution in [1.29, 1.82) is 0 Å². The van der Waals surface area contributed by atoms with Gasteiger partial charge in [0.05, 0.1) is 34.7 Å². The number of nitrogens with zero attached hydrogens (tertiary/aromatic N) is 3. The smallest absolute Gasteiger partial charge is 0.264 e. The summed E-state index contributed by atoms with van der Waals surface area (Å²) in [6.45, 7) is 8.03. The van der Waals surface area contributed by atoms with E-state index < -0.39 is 10.0 Å². The van der Waals surface area contributed by atoms with Crippen LogP contribution in [-0.2, 0) is 21.2 Å². The van der Waals surface area contributed by atoms with Crippen LogP contribution in [0.1, 0.15) is 25.1 Å². The molecule has 0 saturated carbocycles. The minimum Gasteiger partial charge on any atom is -0.327 e. The molecule has 1 aliphatic rings. The highest BCUT2D eigenvalue weighted by Crippen LogP contribution is 2.34. The Morgan fingerprint density at radius 3 is 2.68 bits per heavy atom. The van der Waals surface area contributed by atoms with E-state index >= 15 is 0 Å². The molecule has 1 N–H and O–H groups in total. The van der Waals surface area contributed by atoms with Gasteiger partial charge in [-0.25, -0.2) is 8.42 Å². The highest BCUT2D eigenvalue weighted by molar-refractivity contribution is 7.92. The first-order valence-electron chi connectivity index (χ1n) is 9.43. The zero-order valence-corrected chi connectivity index (χ0v) is 17.2. The molecule has 0 unspecified atom stereocenters. The summed E-state index contributed by atoms with van der Waals surface area (Å²) in [4.78, 5) is 17.8. The van der Waals surface area contributed by atoms with Crippen LogP contribution < -0.4 is 9.62 Å². The lowest BCUT2D eigenvalue weighted by Crippen LogP contribution is -2.50. The largest absolute Gasteiger partial charge is 0.327 e. The van der Waals surface area contributed by atoms with Crippen LogP contribution in [0.15, 0.2) is 41.4 Å². The Morgan fingerprint density at radius 2 is 2.04 bits per heavy atom. The standard InChI is InChI=1S/C20H26N4O3S/c1-4-23(5-2)17-11-19-20(10-16(12-21-19)22-14-25)24(13-17)28(26,27)18-8-6-7-15(3)9-18/h6-10,12,14,17H,4-5,11,13H2,1-3H3,(H,22,25)/t17-/m0/s1. The van der Waals surface area contributed by atoms with Crippen molar-refractivity contribution in [2.24, 2.45) is 0 Å². The Bertz CT molecular complexity index is 958. The maximum atomic E-state index is 13.5. The number of amides is 1. The monoisotopic (exact) mass is 402 g/mol. The van der Waals surface area contributed by atoms with E-state index in [2.05, 4.69) is 29.0 Å². The van der Waals surface area contributed by atoms with E-state index in [1.54, 1.807) is 30.5 Å². The molecule has 28 heavy (non-hydrogen) atoms. The quantitative estimate of drug-likeness (QED) is 0.719. The summed E-state index contributed by atoms with van der Waals surface area (Å²) < 4.78 is 28.4. The van der Waals surface area contributed by atoms with Crippen LogP contribution in [0.4, 0.5) is 11.4 Å². The maximum Gasteiger partial charge on any atom is 0.264 e. The number of carbonyl (C=O) groups is 1. The molecular weight excluding hydrogens is 376 g/mol. The number of pyridine rings is 1. The molecule has 8 heteroatoms. The van der Waals surface area contributed by atoms with Gasteiger partial charge < -0.3 is 5.32 Å². The number of sulfonamides is 1. The Hall–Kier alpha value is -2.45. The van der Waals surface area contributed by atoms with Gasteiger partial charge in [-0.2, -0.15) is 0 Å². The van der Waals surface area contributed by atoms with E-state index in [-0.39, 0.29) is 10.9 Å². The number of carbonyl (C=O) groups excluding carboxylic acids is 1. The fourth-order valence-corrected chi connectivity index (χ4v) is 5.32. The summed E-state index contributed by atoms with van der Waals surface area (Å²) in [5.74, 6) is 0. The normalized spacial score (nSPS) is 16.7. The predicted molar refractivity (Wildman–Crippen MR) is 110 cm³/mol. The lowest BCUT2D eigenvalue weighted by atomic mass is 10.0. The maximum absolute atomic E-state index is 13.5. The molecule has 0 spiro atoms. The molecule has 7 nitrogen and oxygen atoms in total. The molecule has 0 radical (unpaired) electrons. The third kappa shape index (κ3) is 3.88. The molecule has 3 rings (SSSR count). The van der Waals surface area contributed by atoms with E-state index in [9.17, 15) is 13.2 Å². The molecule has 1 atom stereocenters. The number of rotatable bonds is 7. The van der Waals surface area contributed by atoms with E-state index in [1.807, 2.05) is 13.0 Å². The van der Waals surface area contributed by atoms with Crippen LogP contribution in [0.5, 0.6) is 0 Å². The molecular formula is C20H26N4O3S. The van der Waals surface area contributed by atoms with Crippen molar-refractivity contribution in [2.75, 3.05) is 29.3 Å². The topological polar surface area (TPSA) is 82.6 Å². The number of hydrogen-bond donors (Lipinski definition) is 1. The van der Waals surface area contributed by atoms with Gasteiger partial charge in [-0.15, -0.1) is 0 Å². The summed E-state index contributed by atoms with van der Waals surface area (Å²) in [5.41, 5.74) is 2.60. The van der Waals surface area contributed by atoms with Gasteiger partial charge in [0.25, 0.3) is 10.0 Å². The van der Waals surface area contributed by atoms with Crippen molar-refractivity contribution in [3.8, 4) is 0 Å². The zero-order valence-electron chi connectivity index (χ0n) is 16.4. The van der Waals surface area contributed by atoms with Gasteiger partial charge in [0, 0.05) is 12.5 Å². The summed E-state index contributed by atoms with van der Waals surface area (Å²) in [6, 6.07) is 8.64. The minimum atomic E-state index is -3.76. The molecule has 0 bridgehead atoms. The summed E-state index contributed by atoms with van der Waals surface area (Å²) in [6.07, 6.45) is 2.79. The van der Waals surface area contributed by atoms with Crippen molar-refractivity contribution in [2.45, 2.75) is 38.1 Å². The molecule has 2 aromatic rings. The van der Waals surface area contributed by atoms with Crippen molar-refractivity contribution in [3.05, 3.63) is 47.8 Å². The summed E-state index contributed by atoms with van der Waals surface area (Å²) in [5, 5.41) is 2.56. The number of aromatic nitrogens is 1. The lowest BCUT2D eigenvalue weighted by molar-refractivity contribution is -0.105. The van der Waals surface area contributed by atoms with Crippen LogP contribution in [-0.4, -0.2) is 50.4 Å².